The topological polar surface area (TPSA) is 43.4 Å². The zero-order valence-corrected chi connectivity index (χ0v) is 11.4. The molecule has 82 valence electrons. The standard InChI is InChI=1S/C10H11IO3S/c1-3-9-11(14-15(2,12)13)10-7-5-4-6-8-10/h4-8H,1-2H3. The summed E-state index contributed by atoms with van der Waals surface area (Å²) >= 11 is -2.35. The maximum absolute atomic E-state index is 11.0. The van der Waals surface area contributed by atoms with Crippen molar-refractivity contribution < 1.29 is 10.9 Å². The predicted octanol–water partition coefficient (Wildman–Crippen LogP) is 2.23. The molecule has 0 aliphatic heterocycles. The molecular formula is C10H11IO3S. The Hall–Kier alpha value is -0.580. The van der Waals surface area contributed by atoms with Gasteiger partial charge in [0.15, 0.2) is 0 Å². The van der Waals surface area contributed by atoms with E-state index in [1.165, 1.54) is 0 Å². The molecule has 0 radical (unpaired) electrons. The summed E-state index contributed by atoms with van der Waals surface area (Å²) in [5.41, 5.74) is 0. The molecule has 0 aliphatic carbocycles. The molecular weight excluding hydrogens is 327 g/mol. The molecule has 0 unspecified atom stereocenters. The summed E-state index contributed by atoms with van der Waals surface area (Å²) in [5.74, 6) is 2.72. The predicted molar refractivity (Wildman–Crippen MR) is 68.5 cm³/mol. The van der Waals surface area contributed by atoms with Gasteiger partial charge in [-0.1, -0.05) is 0 Å². The van der Waals surface area contributed by atoms with Crippen molar-refractivity contribution in [1.82, 2.24) is 0 Å². The first-order chi connectivity index (χ1) is 7.03. The van der Waals surface area contributed by atoms with Gasteiger partial charge in [0.2, 0.25) is 0 Å². The number of hydrogen-bond donors (Lipinski definition) is 0. The van der Waals surface area contributed by atoms with E-state index < -0.39 is 30.4 Å². The molecule has 1 aromatic rings. The molecule has 0 amide bonds. The average molecular weight is 338 g/mol. The van der Waals surface area contributed by atoms with Crippen LogP contribution in [0.1, 0.15) is 6.92 Å². The monoisotopic (exact) mass is 338 g/mol. The van der Waals surface area contributed by atoms with Crippen LogP contribution in [0.15, 0.2) is 30.3 Å². The fourth-order valence-corrected chi connectivity index (χ4v) is 5.89. The van der Waals surface area contributed by atoms with Gasteiger partial charge in [-0.25, -0.2) is 0 Å². The maximum atomic E-state index is 11.0. The van der Waals surface area contributed by atoms with Gasteiger partial charge in [0, 0.05) is 0 Å². The van der Waals surface area contributed by atoms with E-state index in [1.807, 2.05) is 30.3 Å². The van der Waals surface area contributed by atoms with Crippen LogP contribution in [0.4, 0.5) is 0 Å². The number of benzene rings is 1. The molecule has 0 aromatic heterocycles. The second kappa shape index (κ2) is 5.49. The van der Waals surface area contributed by atoms with Crippen LogP contribution in [0.5, 0.6) is 0 Å². The Kier molecular flexibility index (Phi) is 4.57. The Labute approximate surface area is 97.9 Å². The number of hydrogen-bond acceptors (Lipinski definition) is 3. The van der Waals surface area contributed by atoms with Crippen molar-refractivity contribution in [2.75, 3.05) is 6.26 Å². The molecule has 15 heavy (non-hydrogen) atoms. The first-order valence-corrected chi connectivity index (χ1v) is 8.96. The Morgan fingerprint density at radius 2 is 1.87 bits per heavy atom. The first kappa shape index (κ1) is 12.5. The second-order valence-corrected chi connectivity index (χ2v) is 8.47. The van der Waals surface area contributed by atoms with Crippen molar-refractivity contribution in [2.45, 2.75) is 6.92 Å². The Bertz CT molecular complexity index is 470. The summed E-state index contributed by atoms with van der Waals surface area (Å²) in [7, 11) is -3.43. The third-order valence-electron chi connectivity index (χ3n) is 1.29. The van der Waals surface area contributed by atoms with Gasteiger partial charge >= 0.3 is 98.2 Å². The Morgan fingerprint density at radius 1 is 1.27 bits per heavy atom. The molecule has 0 saturated carbocycles. The average Bonchev–Trinajstić information content (AvgIpc) is 2.17. The van der Waals surface area contributed by atoms with Crippen molar-refractivity contribution in [1.29, 1.82) is 0 Å². The molecule has 0 bridgehead atoms. The van der Waals surface area contributed by atoms with Crippen molar-refractivity contribution in [3.8, 4) is 9.85 Å². The summed E-state index contributed by atoms with van der Waals surface area (Å²) < 4.78 is 30.8. The molecule has 0 spiro atoms. The SMILES string of the molecule is CC#CI(OS(C)(=O)=O)c1ccccc1. The van der Waals surface area contributed by atoms with E-state index in [-0.39, 0.29) is 0 Å². The molecule has 0 heterocycles. The van der Waals surface area contributed by atoms with Crippen molar-refractivity contribution in [2.24, 2.45) is 0 Å². The van der Waals surface area contributed by atoms with Crippen molar-refractivity contribution in [3.63, 3.8) is 0 Å². The van der Waals surface area contributed by atoms with Crippen LogP contribution in [0.25, 0.3) is 0 Å². The van der Waals surface area contributed by atoms with Crippen LogP contribution in [0, 0.1) is 13.4 Å². The van der Waals surface area contributed by atoms with E-state index in [2.05, 4.69) is 9.85 Å². The molecule has 0 aliphatic rings. The summed E-state index contributed by atoms with van der Waals surface area (Å²) in [6, 6.07) is 9.27. The molecule has 3 nitrogen and oxygen atoms in total. The minimum atomic E-state index is -3.43. The summed E-state index contributed by atoms with van der Waals surface area (Å²) in [6.45, 7) is 1.68. The van der Waals surface area contributed by atoms with Crippen LogP contribution in [0.3, 0.4) is 0 Å². The van der Waals surface area contributed by atoms with Crippen LogP contribution in [-0.4, -0.2) is 14.7 Å². The summed E-state index contributed by atoms with van der Waals surface area (Å²) in [4.78, 5) is 0. The molecule has 1 rings (SSSR count). The van der Waals surface area contributed by atoms with Gasteiger partial charge in [0.05, 0.1) is 0 Å². The van der Waals surface area contributed by atoms with Crippen LogP contribution >= 0.6 is 20.2 Å². The van der Waals surface area contributed by atoms with Gasteiger partial charge in [-0.15, -0.1) is 0 Å². The van der Waals surface area contributed by atoms with E-state index >= 15 is 0 Å². The van der Waals surface area contributed by atoms with E-state index in [4.69, 9.17) is 2.51 Å². The van der Waals surface area contributed by atoms with Gasteiger partial charge in [-0.05, 0) is 0 Å². The van der Waals surface area contributed by atoms with Gasteiger partial charge in [-0.2, -0.15) is 0 Å². The molecule has 0 N–H and O–H groups in total. The third-order valence-corrected chi connectivity index (χ3v) is 7.56. The first-order valence-electron chi connectivity index (χ1n) is 4.10. The quantitative estimate of drug-likeness (QED) is 0.627. The van der Waals surface area contributed by atoms with Gasteiger partial charge < -0.3 is 0 Å². The normalized spacial score (nSPS) is 11.5. The fraction of sp³-hybridized carbons (Fsp3) is 0.200. The summed E-state index contributed by atoms with van der Waals surface area (Å²) in [5, 5.41) is 0. The molecule has 0 fully saturated rings. The van der Waals surface area contributed by atoms with Crippen LogP contribution in [-0.2, 0) is 12.6 Å². The number of rotatable bonds is 3. The molecule has 1 aromatic carbocycles. The van der Waals surface area contributed by atoms with E-state index in [0.717, 1.165) is 9.83 Å². The molecule has 5 heteroatoms. The second-order valence-electron chi connectivity index (χ2n) is 2.66. The van der Waals surface area contributed by atoms with Crippen LogP contribution in [0.2, 0.25) is 0 Å². The fourth-order valence-electron chi connectivity index (χ4n) is 0.836. The van der Waals surface area contributed by atoms with Gasteiger partial charge in [0.1, 0.15) is 0 Å². The van der Waals surface area contributed by atoms with Gasteiger partial charge in [-0.3, -0.25) is 0 Å². The number of halogens is 1. The zero-order valence-electron chi connectivity index (χ0n) is 8.40. The Balaban J connectivity index is 2.98. The third kappa shape index (κ3) is 4.64. The van der Waals surface area contributed by atoms with Crippen molar-refractivity contribution in [3.05, 3.63) is 33.9 Å². The minimum absolute atomic E-state index is 0.890. The van der Waals surface area contributed by atoms with E-state index in [0.29, 0.717) is 0 Å². The van der Waals surface area contributed by atoms with E-state index in [1.54, 1.807) is 6.92 Å². The Morgan fingerprint density at radius 3 is 2.33 bits per heavy atom. The van der Waals surface area contributed by atoms with Crippen molar-refractivity contribution >= 4 is 30.4 Å². The molecule has 0 atom stereocenters. The summed E-state index contributed by atoms with van der Waals surface area (Å²) in [6.07, 6.45) is 1.05. The zero-order chi connectivity index (χ0) is 11.3. The van der Waals surface area contributed by atoms with Gasteiger partial charge in [0.25, 0.3) is 0 Å². The molecule has 0 saturated heterocycles. The van der Waals surface area contributed by atoms with Crippen LogP contribution < -0.4 is 0 Å². The van der Waals surface area contributed by atoms with E-state index in [9.17, 15) is 8.42 Å².